The highest BCUT2D eigenvalue weighted by atomic mass is 16.5. The Morgan fingerprint density at radius 1 is 1.12 bits per heavy atom. The van der Waals surface area contributed by atoms with Crippen molar-refractivity contribution in [2.75, 3.05) is 12.0 Å². The molecule has 1 aliphatic rings. The van der Waals surface area contributed by atoms with Crippen LogP contribution in [-0.4, -0.2) is 36.4 Å². The molecule has 1 amide bonds. The lowest BCUT2D eigenvalue weighted by Gasteiger charge is -2.46. The van der Waals surface area contributed by atoms with E-state index in [4.69, 9.17) is 14.7 Å². The number of carbonyl (C=O) groups excluding carboxylic acids is 1. The standard InChI is InChI=1S/C18H16N2O4/c1-23-13-9-7-12(8-10-13)20-16(15(21)11-19)17(18(20)22)24-14-5-3-2-4-6-14/h2-10,15-17,21H,1H3/t15-,16+,17-/m1/s1. The van der Waals surface area contributed by atoms with Crippen LogP contribution < -0.4 is 14.4 Å². The summed E-state index contributed by atoms with van der Waals surface area (Å²) in [5, 5.41) is 19.1. The number of rotatable bonds is 5. The molecule has 1 N–H and O–H groups in total. The van der Waals surface area contributed by atoms with E-state index in [9.17, 15) is 9.90 Å². The topological polar surface area (TPSA) is 82.8 Å². The average molecular weight is 324 g/mol. The van der Waals surface area contributed by atoms with E-state index >= 15 is 0 Å². The minimum atomic E-state index is -1.35. The Bertz CT molecular complexity index is 755. The summed E-state index contributed by atoms with van der Waals surface area (Å²) in [5.74, 6) is 0.866. The number of para-hydroxylation sites is 1. The highest BCUT2D eigenvalue weighted by Crippen LogP contribution is 2.33. The van der Waals surface area contributed by atoms with Gasteiger partial charge in [0.05, 0.1) is 13.2 Å². The van der Waals surface area contributed by atoms with Crippen molar-refractivity contribution in [3.8, 4) is 17.6 Å². The first-order chi connectivity index (χ1) is 11.7. The van der Waals surface area contributed by atoms with Crippen LogP contribution in [0.1, 0.15) is 0 Å². The summed E-state index contributed by atoms with van der Waals surface area (Å²) < 4.78 is 10.8. The van der Waals surface area contributed by atoms with E-state index in [1.165, 1.54) is 4.90 Å². The second-order valence-corrected chi connectivity index (χ2v) is 5.32. The molecule has 0 aromatic heterocycles. The molecule has 1 aliphatic heterocycles. The quantitative estimate of drug-likeness (QED) is 0.669. The molecule has 3 rings (SSSR count). The van der Waals surface area contributed by atoms with Gasteiger partial charge in [-0.15, -0.1) is 0 Å². The molecule has 0 aliphatic carbocycles. The molecule has 6 heteroatoms. The third kappa shape index (κ3) is 2.77. The number of nitrogens with zero attached hydrogens (tertiary/aromatic N) is 2. The molecule has 2 aromatic carbocycles. The van der Waals surface area contributed by atoms with Crippen LogP contribution >= 0.6 is 0 Å². The lowest BCUT2D eigenvalue weighted by molar-refractivity contribution is -0.137. The summed E-state index contributed by atoms with van der Waals surface area (Å²) in [6.07, 6.45) is -2.25. The van der Waals surface area contributed by atoms with Gasteiger partial charge in [0.1, 0.15) is 17.5 Å². The Labute approximate surface area is 139 Å². The predicted octanol–water partition coefficient (Wildman–Crippen LogP) is 1.74. The first-order valence-corrected chi connectivity index (χ1v) is 7.42. The summed E-state index contributed by atoms with van der Waals surface area (Å²) in [7, 11) is 1.55. The van der Waals surface area contributed by atoms with Crippen LogP contribution in [-0.2, 0) is 4.79 Å². The van der Waals surface area contributed by atoms with Gasteiger partial charge in [0.25, 0.3) is 5.91 Å². The summed E-state index contributed by atoms with van der Waals surface area (Å²) in [5.41, 5.74) is 0.577. The summed E-state index contributed by atoms with van der Waals surface area (Å²) in [4.78, 5) is 13.9. The SMILES string of the molecule is COc1ccc(N2C(=O)[C@H](Oc3ccccc3)[C@@H]2[C@H](O)C#N)cc1. The van der Waals surface area contributed by atoms with Gasteiger partial charge >= 0.3 is 0 Å². The molecule has 3 atom stereocenters. The third-order valence-corrected chi connectivity index (χ3v) is 3.90. The van der Waals surface area contributed by atoms with Gasteiger partial charge in [0, 0.05) is 5.69 Å². The molecular weight excluding hydrogens is 308 g/mol. The van der Waals surface area contributed by atoms with Crippen molar-refractivity contribution in [2.24, 2.45) is 0 Å². The molecule has 0 bridgehead atoms. The molecule has 0 saturated carbocycles. The molecule has 0 radical (unpaired) electrons. The van der Waals surface area contributed by atoms with Crippen LogP contribution in [0.25, 0.3) is 0 Å². The first kappa shape index (κ1) is 15.8. The van der Waals surface area contributed by atoms with Crippen molar-refractivity contribution >= 4 is 11.6 Å². The van der Waals surface area contributed by atoms with Crippen LogP contribution in [0.3, 0.4) is 0 Å². The molecule has 24 heavy (non-hydrogen) atoms. The number of nitriles is 1. The molecular formula is C18H16N2O4. The fourth-order valence-corrected chi connectivity index (χ4v) is 2.67. The predicted molar refractivity (Wildman–Crippen MR) is 86.7 cm³/mol. The number of methoxy groups -OCH3 is 1. The van der Waals surface area contributed by atoms with Crippen molar-refractivity contribution in [3.63, 3.8) is 0 Å². The molecule has 1 fully saturated rings. The van der Waals surface area contributed by atoms with Gasteiger partial charge in [-0.1, -0.05) is 18.2 Å². The van der Waals surface area contributed by atoms with Crippen molar-refractivity contribution in [3.05, 3.63) is 54.6 Å². The number of carbonyl (C=O) groups is 1. The van der Waals surface area contributed by atoms with Crippen molar-refractivity contribution < 1.29 is 19.4 Å². The van der Waals surface area contributed by atoms with Gasteiger partial charge in [-0.2, -0.15) is 5.26 Å². The van der Waals surface area contributed by atoms with Crippen LogP contribution in [0.15, 0.2) is 54.6 Å². The third-order valence-electron chi connectivity index (χ3n) is 3.90. The molecule has 0 unspecified atom stereocenters. The smallest absolute Gasteiger partial charge is 0.270 e. The number of ether oxygens (including phenoxy) is 2. The largest absolute Gasteiger partial charge is 0.497 e. The first-order valence-electron chi connectivity index (χ1n) is 7.42. The fourth-order valence-electron chi connectivity index (χ4n) is 2.67. The Kier molecular flexibility index (Phi) is 4.36. The Morgan fingerprint density at radius 2 is 1.79 bits per heavy atom. The average Bonchev–Trinajstić information content (AvgIpc) is 2.64. The lowest BCUT2D eigenvalue weighted by Crippen LogP contribution is -2.71. The number of amides is 1. The minimum absolute atomic E-state index is 0.302. The highest BCUT2D eigenvalue weighted by Gasteiger charge is 2.54. The van der Waals surface area contributed by atoms with Gasteiger partial charge < -0.3 is 14.6 Å². The molecule has 1 heterocycles. The number of hydrogen-bond acceptors (Lipinski definition) is 5. The lowest BCUT2D eigenvalue weighted by atomic mass is 9.92. The fraction of sp³-hybridized carbons (Fsp3) is 0.222. The molecule has 122 valence electrons. The molecule has 6 nitrogen and oxygen atoms in total. The number of hydrogen-bond donors (Lipinski definition) is 1. The Balaban J connectivity index is 1.84. The number of β-lactam (4-membered cyclic amide) rings is 1. The second-order valence-electron chi connectivity index (χ2n) is 5.32. The van der Waals surface area contributed by atoms with E-state index in [2.05, 4.69) is 0 Å². The molecule has 2 aromatic rings. The van der Waals surface area contributed by atoms with Gasteiger partial charge in [0.2, 0.25) is 6.10 Å². The molecule has 1 saturated heterocycles. The molecule has 0 spiro atoms. The highest BCUT2D eigenvalue weighted by molar-refractivity contribution is 6.05. The van der Waals surface area contributed by atoms with Gasteiger partial charge in [-0.05, 0) is 36.4 Å². The summed E-state index contributed by atoms with van der Waals surface area (Å²) in [6, 6.07) is 16.7. The van der Waals surface area contributed by atoms with Crippen molar-refractivity contribution in [1.29, 1.82) is 5.26 Å². The number of anilines is 1. The van der Waals surface area contributed by atoms with E-state index in [1.54, 1.807) is 61.7 Å². The Hall–Kier alpha value is -3.04. The van der Waals surface area contributed by atoms with Crippen LogP contribution in [0.2, 0.25) is 0 Å². The summed E-state index contributed by atoms with van der Waals surface area (Å²) >= 11 is 0. The van der Waals surface area contributed by atoms with E-state index in [-0.39, 0.29) is 5.91 Å². The zero-order valence-corrected chi connectivity index (χ0v) is 13.0. The van der Waals surface area contributed by atoms with E-state index in [0.29, 0.717) is 17.2 Å². The Morgan fingerprint density at radius 3 is 2.38 bits per heavy atom. The van der Waals surface area contributed by atoms with Crippen molar-refractivity contribution in [2.45, 2.75) is 18.2 Å². The maximum atomic E-state index is 12.5. The maximum Gasteiger partial charge on any atom is 0.270 e. The van der Waals surface area contributed by atoms with Crippen LogP contribution in [0.5, 0.6) is 11.5 Å². The number of aliphatic hydroxyl groups excluding tert-OH is 1. The van der Waals surface area contributed by atoms with E-state index in [1.807, 2.05) is 6.07 Å². The normalized spacial score (nSPS) is 20.7. The van der Waals surface area contributed by atoms with Gasteiger partial charge in [-0.3, -0.25) is 9.69 Å². The summed E-state index contributed by atoms with van der Waals surface area (Å²) in [6.45, 7) is 0. The van der Waals surface area contributed by atoms with Gasteiger partial charge in [0.15, 0.2) is 6.10 Å². The monoisotopic (exact) mass is 324 g/mol. The van der Waals surface area contributed by atoms with Crippen LogP contribution in [0, 0.1) is 11.3 Å². The second kappa shape index (κ2) is 6.60. The zero-order valence-electron chi connectivity index (χ0n) is 13.0. The van der Waals surface area contributed by atoms with Crippen molar-refractivity contribution in [1.82, 2.24) is 0 Å². The zero-order chi connectivity index (χ0) is 17.1. The van der Waals surface area contributed by atoms with E-state index in [0.717, 1.165) is 0 Å². The minimum Gasteiger partial charge on any atom is -0.497 e. The number of aliphatic hydroxyl groups is 1. The number of benzene rings is 2. The van der Waals surface area contributed by atoms with E-state index < -0.39 is 18.2 Å². The maximum absolute atomic E-state index is 12.5. The van der Waals surface area contributed by atoms with Crippen LogP contribution in [0.4, 0.5) is 5.69 Å². The van der Waals surface area contributed by atoms with Gasteiger partial charge in [-0.25, -0.2) is 0 Å².